The van der Waals surface area contributed by atoms with Gasteiger partial charge < -0.3 is 10.6 Å². The Bertz CT molecular complexity index is 373. The average molecular weight is 233 g/mol. The summed E-state index contributed by atoms with van der Waals surface area (Å²) in [5.74, 6) is 1.94. The van der Waals surface area contributed by atoms with E-state index in [1.54, 1.807) is 0 Å². The highest BCUT2D eigenvalue weighted by atomic mass is 15.1. The van der Waals surface area contributed by atoms with Crippen LogP contribution < -0.4 is 10.6 Å². The number of nitrogens with zero attached hydrogens (tertiary/aromatic N) is 1. The Hall–Kier alpha value is -1.25. The quantitative estimate of drug-likeness (QED) is 0.835. The zero-order valence-corrected chi connectivity index (χ0v) is 11.1. The Morgan fingerprint density at radius 1 is 1.35 bits per heavy atom. The van der Waals surface area contributed by atoms with Crippen LogP contribution in [0.15, 0.2) is 18.2 Å². The molecular formula is C14H23N3. The zero-order valence-electron chi connectivity index (χ0n) is 11.1. The van der Waals surface area contributed by atoms with Gasteiger partial charge in [0.25, 0.3) is 0 Å². The number of hydrogen-bond donors (Lipinski definition) is 2. The van der Waals surface area contributed by atoms with Crippen molar-refractivity contribution in [1.82, 2.24) is 4.98 Å². The van der Waals surface area contributed by atoms with Crippen LogP contribution in [0.1, 0.15) is 40.0 Å². The normalized spacial score (nSPS) is 22.4. The van der Waals surface area contributed by atoms with Crippen molar-refractivity contribution in [2.75, 3.05) is 17.2 Å². The van der Waals surface area contributed by atoms with Crippen LogP contribution in [-0.2, 0) is 0 Å². The van der Waals surface area contributed by atoms with E-state index in [-0.39, 0.29) is 0 Å². The van der Waals surface area contributed by atoms with E-state index in [9.17, 15) is 0 Å². The van der Waals surface area contributed by atoms with Gasteiger partial charge in [0.1, 0.15) is 11.6 Å². The van der Waals surface area contributed by atoms with E-state index in [2.05, 4.69) is 48.5 Å². The van der Waals surface area contributed by atoms with E-state index in [0.29, 0.717) is 11.5 Å². The summed E-state index contributed by atoms with van der Waals surface area (Å²) in [5.41, 5.74) is 0.385. The molecule has 1 atom stereocenters. The molecule has 0 amide bonds. The van der Waals surface area contributed by atoms with Crippen LogP contribution in [-0.4, -0.2) is 17.6 Å². The van der Waals surface area contributed by atoms with E-state index in [1.165, 1.54) is 19.3 Å². The van der Waals surface area contributed by atoms with E-state index in [0.717, 1.165) is 18.2 Å². The molecule has 2 N–H and O–H groups in total. The molecule has 2 rings (SSSR count). The lowest BCUT2D eigenvalue weighted by Crippen LogP contribution is -2.31. The van der Waals surface area contributed by atoms with Gasteiger partial charge in [0, 0.05) is 12.6 Å². The first kappa shape index (κ1) is 12.2. The lowest BCUT2D eigenvalue weighted by Gasteiger charge is -2.28. The minimum Gasteiger partial charge on any atom is -0.370 e. The van der Waals surface area contributed by atoms with Crippen LogP contribution in [0.25, 0.3) is 0 Å². The van der Waals surface area contributed by atoms with Gasteiger partial charge in [0.2, 0.25) is 0 Å². The van der Waals surface area contributed by atoms with Gasteiger partial charge >= 0.3 is 0 Å². The number of rotatable bonds is 4. The lowest BCUT2D eigenvalue weighted by molar-refractivity contribution is 0.349. The maximum absolute atomic E-state index is 4.57. The van der Waals surface area contributed by atoms with Crippen LogP contribution in [0.5, 0.6) is 0 Å². The van der Waals surface area contributed by atoms with Crippen molar-refractivity contribution in [2.24, 2.45) is 5.41 Å². The van der Waals surface area contributed by atoms with E-state index in [1.807, 2.05) is 6.07 Å². The summed E-state index contributed by atoms with van der Waals surface area (Å²) in [6.07, 6.45) is 3.87. The first-order valence-corrected chi connectivity index (χ1v) is 6.59. The smallest absolute Gasteiger partial charge is 0.128 e. The molecule has 1 aromatic rings. The summed E-state index contributed by atoms with van der Waals surface area (Å²) in [4.78, 5) is 4.57. The first-order valence-electron chi connectivity index (χ1n) is 6.59. The molecule has 17 heavy (non-hydrogen) atoms. The van der Waals surface area contributed by atoms with E-state index in [4.69, 9.17) is 0 Å². The molecule has 0 radical (unpaired) electrons. The van der Waals surface area contributed by atoms with Crippen LogP contribution in [0.3, 0.4) is 0 Å². The number of anilines is 2. The second-order valence-electron chi connectivity index (χ2n) is 5.52. The largest absolute Gasteiger partial charge is 0.370 e. The van der Waals surface area contributed by atoms with Crippen LogP contribution in [0.4, 0.5) is 11.6 Å². The predicted octanol–water partition coefficient (Wildman–Crippen LogP) is 3.50. The van der Waals surface area contributed by atoms with Gasteiger partial charge in [0.15, 0.2) is 0 Å². The standard InChI is InChI=1S/C14H23N3/c1-4-15-12-8-5-9-13(17-12)16-11-7-6-10-14(11,2)3/h5,8-9,11H,4,6-7,10H2,1-3H3,(H2,15,16,17). The maximum atomic E-state index is 4.57. The van der Waals surface area contributed by atoms with Crippen molar-refractivity contribution in [2.45, 2.75) is 46.1 Å². The predicted molar refractivity (Wildman–Crippen MR) is 73.4 cm³/mol. The molecule has 3 nitrogen and oxygen atoms in total. The number of pyridine rings is 1. The highest BCUT2D eigenvalue weighted by Crippen LogP contribution is 2.38. The maximum Gasteiger partial charge on any atom is 0.128 e. The van der Waals surface area contributed by atoms with Gasteiger partial charge in [-0.2, -0.15) is 0 Å². The van der Waals surface area contributed by atoms with Gasteiger partial charge in [-0.3, -0.25) is 0 Å². The summed E-state index contributed by atoms with van der Waals surface area (Å²) < 4.78 is 0. The molecule has 0 aromatic carbocycles. The SMILES string of the molecule is CCNc1cccc(NC2CCCC2(C)C)n1. The number of nitrogens with one attached hydrogen (secondary N) is 2. The molecule has 0 saturated heterocycles. The minimum absolute atomic E-state index is 0.385. The zero-order chi connectivity index (χ0) is 12.3. The van der Waals surface area contributed by atoms with Crippen molar-refractivity contribution in [1.29, 1.82) is 0 Å². The van der Waals surface area contributed by atoms with E-state index >= 15 is 0 Å². The molecule has 94 valence electrons. The molecule has 1 aliphatic carbocycles. The molecule has 1 saturated carbocycles. The highest BCUT2D eigenvalue weighted by molar-refractivity contribution is 5.45. The topological polar surface area (TPSA) is 37.0 Å². The van der Waals surface area contributed by atoms with Gasteiger partial charge in [0.05, 0.1) is 0 Å². The monoisotopic (exact) mass is 233 g/mol. The van der Waals surface area contributed by atoms with Crippen LogP contribution in [0, 0.1) is 5.41 Å². The van der Waals surface area contributed by atoms with Gasteiger partial charge in [-0.05, 0) is 37.3 Å². The molecule has 1 fully saturated rings. The molecule has 0 spiro atoms. The molecule has 0 aliphatic heterocycles. The van der Waals surface area contributed by atoms with Crippen molar-refractivity contribution in [3.63, 3.8) is 0 Å². The Kier molecular flexibility index (Phi) is 3.55. The van der Waals surface area contributed by atoms with Crippen molar-refractivity contribution in [3.05, 3.63) is 18.2 Å². The third-order valence-electron chi connectivity index (χ3n) is 3.69. The molecule has 1 aliphatic rings. The highest BCUT2D eigenvalue weighted by Gasteiger charge is 2.34. The Labute approximate surface area is 104 Å². The van der Waals surface area contributed by atoms with Crippen molar-refractivity contribution < 1.29 is 0 Å². The van der Waals surface area contributed by atoms with Crippen LogP contribution in [0.2, 0.25) is 0 Å². The Morgan fingerprint density at radius 3 is 2.76 bits per heavy atom. The number of aromatic nitrogens is 1. The van der Waals surface area contributed by atoms with Gasteiger partial charge in [-0.15, -0.1) is 0 Å². The fraction of sp³-hybridized carbons (Fsp3) is 0.643. The third-order valence-corrected chi connectivity index (χ3v) is 3.69. The Balaban J connectivity index is 2.05. The fourth-order valence-corrected chi connectivity index (χ4v) is 2.57. The van der Waals surface area contributed by atoms with Gasteiger partial charge in [-0.1, -0.05) is 26.3 Å². The second kappa shape index (κ2) is 4.94. The average Bonchev–Trinajstić information content (AvgIpc) is 2.59. The van der Waals surface area contributed by atoms with Crippen molar-refractivity contribution in [3.8, 4) is 0 Å². The fourth-order valence-electron chi connectivity index (χ4n) is 2.57. The second-order valence-corrected chi connectivity index (χ2v) is 5.52. The summed E-state index contributed by atoms with van der Waals surface area (Å²) in [6.45, 7) is 7.67. The molecule has 3 heteroatoms. The summed E-state index contributed by atoms with van der Waals surface area (Å²) in [5, 5.41) is 6.82. The van der Waals surface area contributed by atoms with E-state index < -0.39 is 0 Å². The van der Waals surface area contributed by atoms with Gasteiger partial charge in [-0.25, -0.2) is 4.98 Å². The molecule has 0 bridgehead atoms. The third kappa shape index (κ3) is 2.90. The minimum atomic E-state index is 0.385. The van der Waals surface area contributed by atoms with Crippen molar-refractivity contribution >= 4 is 11.6 Å². The summed E-state index contributed by atoms with van der Waals surface area (Å²) in [6, 6.07) is 6.66. The molecule has 1 aromatic heterocycles. The number of hydrogen-bond acceptors (Lipinski definition) is 3. The summed E-state index contributed by atoms with van der Waals surface area (Å²) in [7, 11) is 0. The first-order chi connectivity index (χ1) is 8.12. The van der Waals surface area contributed by atoms with Crippen LogP contribution >= 0.6 is 0 Å². The molecule has 1 heterocycles. The Morgan fingerprint density at radius 2 is 2.12 bits per heavy atom. The molecule has 1 unspecified atom stereocenters. The molecular weight excluding hydrogens is 210 g/mol. The summed E-state index contributed by atoms with van der Waals surface area (Å²) >= 11 is 0. The lowest BCUT2D eigenvalue weighted by atomic mass is 9.87.